The van der Waals surface area contributed by atoms with E-state index in [4.69, 9.17) is 16.3 Å². The Morgan fingerprint density at radius 3 is 2.95 bits per heavy atom. The first-order valence-corrected chi connectivity index (χ1v) is 8.15. The van der Waals surface area contributed by atoms with Crippen LogP contribution in [0, 0.1) is 5.92 Å². The summed E-state index contributed by atoms with van der Waals surface area (Å²) in [6.45, 7) is 4.95. The number of halogens is 2. The summed E-state index contributed by atoms with van der Waals surface area (Å²) in [4.78, 5) is 0. The molecule has 0 radical (unpaired) electrons. The number of hydrogen-bond acceptors (Lipinski definition) is 2. The van der Waals surface area contributed by atoms with Gasteiger partial charge in [-0.3, -0.25) is 0 Å². The van der Waals surface area contributed by atoms with E-state index in [1.54, 1.807) is 0 Å². The molecule has 1 aromatic carbocycles. The molecule has 1 saturated heterocycles. The highest BCUT2D eigenvalue weighted by Gasteiger charge is 2.25. The molecular weight excluding hydrogens is 326 g/mol. The highest BCUT2D eigenvalue weighted by molar-refractivity contribution is 9.10. The first-order valence-electron chi connectivity index (χ1n) is 6.98. The van der Waals surface area contributed by atoms with Crippen molar-refractivity contribution in [1.82, 2.24) is 5.32 Å². The lowest BCUT2D eigenvalue weighted by molar-refractivity contribution is 0.0390. The van der Waals surface area contributed by atoms with Crippen LogP contribution in [0.5, 0.6) is 0 Å². The Morgan fingerprint density at radius 2 is 2.32 bits per heavy atom. The van der Waals surface area contributed by atoms with Gasteiger partial charge in [0.15, 0.2) is 0 Å². The van der Waals surface area contributed by atoms with Gasteiger partial charge in [-0.05, 0) is 49.6 Å². The van der Waals surface area contributed by atoms with E-state index in [9.17, 15) is 0 Å². The molecule has 0 amide bonds. The molecule has 1 aliphatic rings. The second-order valence-electron chi connectivity index (χ2n) is 5.11. The standard InChI is InChI=1S/C15H21BrClNO/c1-2-5-18-15(11-4-3-6-19-10-11)12-7-13(16)9-14(17)8-12/h7-9,11,15,18H,2-6,10H2,1H3. The third kappa shape index (κ3) is 4.45. The minimum Gasteiger partial charge on any atom is -0.381 e. The van der Waals surface area contributed by atoms with Crippen molar-refractivity contribution < 1.29 is 4.74 Å². The van der Waals surface area contributed by atoms with E-state index >= 15 is 0 Å². The lowest BCUT2D eigenvalue weighted by Gasteiger charge is -2.31. The summed E-state index contributed by atoms with van der Waals surface area (Å²) in [7, 11) is 0. The average molecular weight is 347 g/mol. The molecule has 106 valence electrons. The van der Waals surface area contributed by atoms with Crippen LogP contribution in [0.4, 0.5) is 0 Å². The fourth-order valence-corrected chi connectivity index (χ4v) is 3.53. The number of benzene rings is 1. The molecule has 2 unspecified atom stereocenters. The SMILES string of the molecule is CCCNC(c1cc(Cl)cc(Br)c1)C1CCCOC1. The van der Waals surface area contributed by atoms with Gasteiger partial charge < -0.3 is 10.1 Å². The lowest BCUT2D eigenvalue weighted by Crippen LogP contribution is -2.33. The molecular formula is C15H21BrClNO. The maximum atomic E-state index is 6.18. The van der Waals surface area contributed by atoms with E-state index in [0.717, 1.165) is 42.1 Å². The van der Waals surface area contributed by atoms with Crippen molar-refractivity contribution in [3.63, 3.8) is 0 Å². The molecule has 1 aromatic rings. The summed E-state index contributed by atoms with van der Waals surface area (Å²) in [5.74, 6) is 0.533. The molecule has 1 N–H and O–H groups in total. The van der Waals surface area contributed by atoms with Crippen LogP contribution in [-0.2, 0) is 4.74 Å². The van der Waals surface area contributed by atoms with Crippen LogP contribution in [0.2, 0.25) is 5.02 Å². The largest absolute Gasteiger partial charge is 0.381 e. The Bertz CT molecular complexity index is 387. The molecule has 0 aromatic heterocycles. The smallest absolute Gasteiger partial charge is 0.0512 e. The van der Waals surface area contributed by atoms with E-state index in [2.05, 4.69) is 40.3 Å². The zero-order valence-electron chi connectivity index (χ0n) is 11.3. The number of rotatable bonds is 5. The maximum Gasteiger partial charge on any atom is 0.0512 e. The van der Waals surface area contributed by atoms with E-state index in [0.29, 0.717) is 12.0 Å². The summed E-state index contributed by atoms with van der Waals surface area (Å²) in [6, 6.07) is 6.48. The Kier molecular flexibility index (Phi) is 6.14. The van der Waals surface area contributed by atoms with Crippen molar-refractivity contribution in [1.29, 1.82) is 0 Å². The number of ether oxygens (including phenoxy) is 1. The summed E-state index contributed by atoms with van der Waals surface area (Å²) in [6.07, 6.45) is 3.49. The van der Waals surface area contributed by atoms with Crippen LogP contribution in [0.3, 0.4) is 0 Å². The van der Waals surface area contributed by atoms with Crippen LogP contribution < -0.4 is 5.32 Å². The summed E-state index contributed by atoms with van der Waals surface area (Å²) in [5.41, 5.74) is 1.25. The van der Waals surface area contributed by atoms with Crippen molar-refractivity contribution in [3.05, 3.63) is 33.3 Å². The highest BCUT2D eigenvalue weighted by Crippen LogP contribution is 2.32. The number of hydrogen-bond donors (Lipinski definition) is 1. The molecule has 19 heavy (non-hydrogen) atoms. The van der Waals surface area contributed by atoms with Crippen LogP contribution in [-0.4, -0.2) is 19.8 Å². The highest BCUT2D eigenvalue weighted by atomic mass is 79.9. The first kappa shape index (κ1) is 15.3. The van der Waals surface area contributed by atoms with Gasteiger partial charge in [-0.2, -0.15) is 0 Å². The van der Waals surface area contributed by atoms with Crippen LogP contribution >= 0.6 is 27.5 Å². The molecule has 4 heteroatoms. The van der Waals surface area contributed by atoms with Gasteiger partial charge in [0, 0.05) is 28.1 Å². The predicted molar refractivity (Wildman–Crippen MR) is 83.7 cm³/mol. The molecule has 0 saturated carbocycles. The van der Waals surface area contributed by atoms with Gasteiger partial charge in [0.2, 0.25) is 0 Å². The van der Waals surface area contributed by atoms with Crippen LogP contribution in [0.25, 0.3) is 0 Å². The summed E-state index contributed by atoms with van der Waals surface area (Å²) in [5, 5.41) is 4.43. The lowest BCUT2D eigenvalue weighted by atomic mass is 9.88. The molecule has 0 spiro atoms. The minimum absolute atomic E-state index is 0.329. The van der Waals surface area contributed by atoms with Gasteiger partial charge in [0.1, 0.15) is 0 Å². The van der Waals surface area contributed by atoms with Crippen molar-refractivity contribution in [2.45, 2.75) is 32.2 Å². The monoisotopic (exact) mass is 345 g/mol. The maximum absolute atomic E-state index is 6.18. The Balaban J connectivity index is 2.19. The molecule has 1 fully saturated rings. The average Bonchev–Trinajstić information content (AvgIpc) is 2.39. The van der Waals surface area contributed by atoms with E-state index in [1.165, 1.54) is 12.0 Å². The Labute approximate surface area is 129 Å². The minimum atomic E-state index is 0.329. The molecule has 0 aliphatic carbocycles. The van der Waals surface area contributed by atoms with E-state index < -0.39 is 0 Å². The second-order valence-corrected chi connectivity index (χ2v) is 6.46. The van der Waals surface area contributed by atoms with Crippen LogP contribution in [0.1, 0.15) is 37.8 Å². The Morgan fingerprint density at radius 1 is 1.47 bits per heavy atom. The van der Waals surface area contributed by atoms with Crippen molar-refractivity contribution in [2.24, 2.45) is 5.92 Å². The van der Waals surface area contributed by atoms with E-state index in [-0.39, 0.29) is 0 Å². The van der Waals surface area contributed by atoms with Gasteiger partial charge in [-0.1, -0.05) is 34.5 Å². The van der Waals surface area contributed by atoms with Gasteiger partial charge >= 0.3 is 0 Å². The van der Waals surface area contributed by atoms with Gasteiger partial charge in [-0.15, -0.1) is 0 Å². The fourth-order valence-electron chi connectivity index (χ4n) is 2.64. The second kappa shape index (κ2) is 7.63. The van der Waals surface area contributed by atoms with Gasteiger partial charge in [-0.25, -0.2) is 0 Å². The molecule has 1 aliphatic heterocycles. The van der Waals surface area contributed by atoms with Crippen molar-refractivity contribution in [2.75, 3.05) is 19.8 Å². The van der Waals surface area contributed by atoms with Crippen molar-refractivity contribution >= 4 is 27.5 Å². The van der Waals surface area contributed by atoms with Gasteiger partial charge in [0.05, 0.1) is 6.61 Å². The van der Waals surface area contributed by atoms with Gasteiger partial charge in [0.25, 0.3) is 0 Å². The predicted octanol–water partition coefficient (Wildman–Crippen LogP) is 4.57. The molecule has 2 rings (SSSR count). The quantitative estimate of drug-likeness (QED) is 0.843. The van der Waals surface area contributed by atoms with Crippen molar-refractivity contribution in [3.8, 4) is 0 Å². The molecule has 1 heterocycles. The first-order chi connectivity index (χ1) is 9.20. The molecule has 0 bridgehead atoms. The normalized spacial score (nSPS) is 21.3. The Hall–Kier alpha value is -0.0900. The van der Waals surface area contributed by atoms with Crippen LogP contribution in [0.15, 0.2) is 22.7 Å². The summed E-state index contributed by atoms with van der Waals surface area (Å²) >= 11 is 9.71. The third-order valence-corrected chi connectivity index (χ3v) is 4.20. The zero-order valence-corrected chi connectivity index (χ0v) is 13.6. The zero-order chi connectivity index (χ0) is 13.7. The summed E-state index contributed by atoms with van der Waals surface area (Å²) < 4.78 is 6.68. The third-order valence-electron chi connectivity index (χ3n) is 3.53. The fraction of sp³-hybridized carbons (Fsp3) is 0.600. The van der Waals surface area contributed by atoms with E-state index in [1.807, 2.05) is 6.07 Å². The topological polar surface area (TPSA) is 21.3 Å². The molecule has 2 nitrogen and oxygen atoms in total. The molecule has 2 atom stereocenters. The number of nitrogens with one attached hydrogen (secondary N) is 1.